The van der Waals surface area contributed by atoms with Crippen molar-refractivity contribution in [1.82, 2.24) is 0 Å². The van der Waals surface area contributed by atoms with Gasteiger partial charge in [-0.2, -0.15) is 0 Å². The van der Waals surface area contributed by atoms with E-state index in [1.54, 1.807) is 0 Å². The number of rotatable bonds is 3. The fourth-order valence-corrected chi connectivity index (χ4v) is 2.34. The molecule has 5 nitrogen and oxygen atoms in total. The Kier molecular flexibility index (Phi) is 3.00. The van der Waals surface area contributed by atoms with Crippen LogP contribution in [0, 0.1) is 0 Å². The molecule has 1 saturated heterocycles. The Hall–Kier alpha value is -0.200. The lowest BCUT2D eigenvalue weighted by atomic mass is 10.2. The van der Waals surface area contributed by atoms with Crippen LogP contribution in [0.4, 0.5) is 0 Å². The zero-order valence-electron chi connectivity index (χ0n) is 9.18. The molecule has 0 spiro atoms. The molecule has 0 radical (unpaired) electrons. The molecule has 1 saturated carbocycles. The maximum absolute atomic E-state index is 8.71. The molecule has 88 valence electrons. The Balaban J connectivity index is 1.99. The minimum atomic E-state index is -0.575. The van der Waals surface area contributed by atoms with Crippen LogP contribution in [0.2, 0.25) is 0 Å². The Morgan fingerprint density at radius 1 is 1.40 bits per heavy atom. The van der Waals surface area contributed by atoms with Crippen LogP contribution < -0.4 is 5.73 Å². The zero-order valence-corrected chi connectivity index (χ0v) is 9.18. The third-order valence-electron chi connectivity index (χ3n) is 2.88. The standard InChI is InChI=1S/C10H19NO4/c1-10(2)14-8-6(11)5-7(9(8)15-10)13-4-3-12/h6-9,12H,3-5,11H2,1-2H3/t6-,7+,8-,9+/m0/s1. The lowest BCUT2D eigenvalue weighted by molar-refractivity contribution is -0.168. The first kappa shape index (κ1) is 11.3. The molecule has 0 aromatic rings. The second kappa shape index (κ2) is 3.99. The van der Waals surface area contributed by atoms with E-state index in [1.165, 1.54) is 0 Å². The van der Waals surface area contributed by atoms with Crippen molar-refractivity contribution in [2.24, 2.45) is 5.73 Å². The molecule has 4 atom stereocenters. The van der Waals surface area contributed by atoms with Crippen molar-refractivity contribution in [3.63, 3.8) is 0 Å². The van der Waals surface area contributed by atoms with Gasteiger partial charge in [0.2, 0.25) is 0 Å². The molecule has 3 N–H and O–H groups in total. The van der Waals surface area contributed by atoms with Gasteiger partial charge in [0, 0.05) is 6.04 Å². The van der Waals surface area contributed by atoms with E-state index in [0.29, 0.717) is 6.61 Å². The smallest absolute Gasteiger partial charge is 0.163 e. The van der Waals surface area contributed by atoms with E-state index in [1.807, 2.05) is 13.8 Å². The first-order valence-electron chi connectivity index (χ1n) is 5.37. The van der Waals surface area contributed by atoms with Crippen LogP contribution in [0.15, 0.2) is 0 Å². The van der Waals surface area contributed by atoms with Crippen molar-refractivity contribution in [2.75, 3.05) is 13.2 Å². The lowest BCUT2D eigenvalue weighted by Crippen LogP contribution is -2.35. The van der Waals surface area contributed by atoms with Gasteiger partial charge in [0.15, 0.2) is 5.79 Å². The van der Waals surface area contributed by atoms with Crippen LogP contribution in [-0.2, 0) is 14.2 Å². The van der Waals surface area contributed by atoms with Crippen molar-refractivity contribution < 1.29 is 19.3 Å². The fourth-order valence-electron chi connectivity index (χ4n) is 2.34. The summed E-state index contributed by atoms with van der Waals surface area (Å²) >= 11 is 0. The molecular weight excluding hydrogens is 198 g/mol. The first-order chi connectivity index (χ1) is 7.03. The fraction of sp³-hybridized carbons (Fsp3) is 1.00. The van der Waals surface area contributed by atoms with Crippen LogP contribution in [-0.4, -0.2) is 48.5 Å². The van der Waals surface area contributed by atoms with E-state index in [2.05, 4.69) is 0 Å². The quantitative estimate of drug-likeness (QED) is 0.674. The molecule has 2 fully saturated rings. The number of aliphatic hydroxyl groups excluding tert-OH is 1. The molecule has 15 heavy (non-hydrogen) atoms. The van der Waals surface area contributed by atoms with Gasteiger partial charge in [-0.15, -0.1) is 0 Å². The second-order valence-corrected chi connectivity index (χ2v) is 4.60. The predicted molar refractivity (Wildman–Crippen MR) is 53.2 cm³/mol. The summed E-state index contributed by atoms with van der Waals surface area (Å²) in [6.07, 6.45) is 0.495. The molecular formula is C10H19NO4. The van der Waals surface area contributed by atoms with Gasteiger partial charge >= 0.3 is 0 Å². The lowest BCUT2D eigenvalue weighted by Gasteiger charge is -2.22. The zero-order chi connectivity index (χ0) is 11.1. The molecule has 0 unspecified atom stereocenters. The molecule has 0 aromatic heterocycles. The average Bonchev–Trinajstić information content (AvgIpc) is 2.60. The number of hydrogen-bond donors (Lipinski definition) is 2. The third kappa shape index (κ3) is 2.16. The summed E-state index contributed by atoms with van der Waals surface area (Å²) in [7, 11) is 0. The highest BCUT2D eigenvalue weighted by Crippen LogP contribution is 2.38. The molecule has 0 aromatic carbocycles. The second-order valence-electron chi connectivity index (χ2n) is 4.60. The minimum absolute atomic E-state index is 0.0212. The highest BCUT2D eigenvalue weighted by Gasteiger charge is 2.53. The highest BCUT2D eigenvalue weighted by molar-refractivity contribution is 5.01. The summed E-state index contributed by atoms with van der Waals surface area (Å²) in [6, 6.07) is -0.0412. The Morgan fingerprint density at radius 3 is 2.73 bits per heavy atom. The van der Waals surface area contributed by atoms with Gasteiger partial charge in [0.1, 0.15) is 12.2 Å². The van der Waals surface area contributed by atoms with Crippen LogP contribution >= 0.6 is 0 Å². The summed E-state index contributed by atoms with van der Waals surface area (Å²) in [5.74, 6) is -0.575. The number of ether oxygens (including phenoxy) is 3. The maximum atomic E-state index is 8.71. The Labute approximate surface area is 89.5 Å². The Bertz CT molecular complexity index is 233. The molecule has 2 rings (SSSR count). The molecule has 0 bridgehead atoms. The van der Waals surface area contributed by atoms with Gasteiger partial charge < -0.3 is 25.1 Å². The van der Waals surface area contributed by atoms with Gasteiger partial charge in [-0.3, -0.25) is 0 Å². The topological polar surface area (TPSA) is 73.9 Å². The molecule has 0 amide bonds. The van der Waals surface area contributed by atoms with Crippen LogP contribution in [0.5, 0.6) is 0 Å². The SMILES string of the molecule is CC1(C)O[C@@H]2[C@H](O1)[C@H](OCCO)C[C@@H]2N. The molecule has 1 aliphatic heterocycles. The molecule has 1 aliphatic carbocycles. The third-order valence-corrected chi connectivity index (χ3v) is 2.88. The van der Waals surface area contributed by atoms with E-state index in [-0.39, 0.29) is 31.0 Å². The summed E-state index contributed by atoms with van der Waals surface area (Å²) < 4.78 is 16.9. The van der Waals surface area contributed by atoms with Crippen molar-refractivity contribution in [1.29, 1.82) is 0 Å². The number of nitrogens with two attached hydrogens (primary N) is 1. The van der Waals surface area contributed by atoms with Gasteiger partial charge in [-0.05, 0) is 20.3 Å². The predicted octanol–water partition coefficient (Wildman–Crippen LogP) is -0.385. The van der Waals surface area contributed by atoms with Gasteiger partial charge in [-0.1, -0.05) is 0 Å². The highest BCUT2D eigenvalue weighted by atomic mass is 16.8. The van der Waals surface area contributed by atoms with E-state index in [4.69, 9.17) is 25.1 Å². The van der Waals surface area contributed by atoms with E-state index in [9.17, 15) is 0 Å². The van der Waals surface area contributed by atoms with E-state index in [0.717, 1.165) is 6.42 Å². The summed E-state index contributed by atoms with van der Waals surface area (Å²) in [4.78, 5) is 0. The van der Waals surface area contributed by atoms with E-state index < -0.39 is 5.79 Å². The summed E-state index contributed by atoms with van der Waals surface area (Å²) in [6.45, 7) is 4.10. The van der Waals surface area contributed by atoms with E-state index >= 15 is 0 Å². The van der Waals surface area contributed by atoms with Gasteiger partial charge in [-0.25, -0.2) is 0 Å². The number of fused-ring (bicyclic) bond motifs is 1. The monoisotopic (exact) mass is 217 g/mol. The number of hydrogen-bond acceptors (Lipinski definition) is 5. The van der Waals surface area contributed by atoms with Gasteiger partial charge in [0.25, 0.3) is 0 Å². The van der Waals surface area contributed by atoms with Crippen molar-refractivity contribution in [3.8, 4) is 0 Å². The normalized spacial score (nSPS) is 43.2. The maximum Gasteiger partial charge on any atom is 0.163 e. The van der Waals surface area contributed by atoms with Crippen LogP contribution in [0.25, 0.3) is 0 Å². The molecule has 2 aliphatic rings. The molecule has 5 heteroatoms. The van der Waals surface area contributed by atoms with Crippen molar-refractivity contribution >= 4 is 0 Å². The average molecular weight is 217 g/mol. The number of aliphatic hydroxyl groups is 1. The first-order valence-corrected chi connectivity index (χ1v) is 5.37. The largest absolute Gasteiger partial charge is 0.394 e. The van der Waals surface area contributed by atoms with Crippen LogP contribution in [0.3, 0.4) is 0 Å². The minimum Gasteiger partial charge on any atom is -0.394 e. The van der Waals surface area contributed by atoms with Crippen molar-refractivity contribution in [3.05, 3.63) is 0 Å². The van der Waals surface area contributed by atoms with Crippen LogP contribution in [0.1, 0.15) is 20.3 Å². The summed E-state index contributed by atoms with van der Waals surface area (Å²) in [5, 5.41) is 8.71. The van der Waals surface area contributed by atoms with Gasteiger partial charge in [0.05, 0.1) is 19.3 Å². The van der Waals surface area contributed by atoms with Crippen molar-refractivity contribution in [2.45, 2.75) is 50.4 Å². The summed E-state index contributed by atoms with van der Waals surface area (Å²) in [5.41, 5.74) is 5.96. The molecule has 1 heterocycles. The Morgan fingerprint density at radius 2 is 2.07 bits per heavy atom.